The van der Waals surface area contributed by atoms with Gasteiger partial charge in [-0.15, -0.1) is 0 Å². The van der Waals surface area contributed by atoms with E-state index in [0.717, 1.165) is 5.56 Å². The lowest BCUT2D eigenvalue weighted by atomic mass is 10.2. The number of halogens is 1. The maximum Gasteiger partial charge on any atom is 0.343 e. The smallest absolute Gasteiger partial charge is 0.343 e. The van der Waals surface area contributed by atoms with Crippen LogP contribution in [0.5, 0.6) is 5.75 Å². The van der Waals surface area contributed by atoms with Gasteiger partial charge in [0, 0.05) is 17.1 Å². The number of methoxy groups -OCH3 is 1. The molecule has 15 heavy (non-hydrogen) atoms. The summed E-state index contributed by atoms with van der Waals surface area (Å²) in [7, 11) is 1.30. The lowest BCUT2D eigenvalue weighted by Crippen LogP contribution is -2.13. The van der Waals surface area contributed by atoms with Crippen LogP contribution in [0.3, 0.4) is 0 Å². The van der Waals surface area contributed by atoms with E-state index in [0.29, 0.717) is 17.3 Å². The van der Waals surface area contributed by atoms with Crippen molar-refractivity contribution in [3.05, 3.63) is 28.8 Å². The van der Waals surface area contributed by atoms with Crippen molar-refractivity contribution in [1.29, 1.82) is 0 Å². The highest BCUT2D eigenvalue weighted by molar-refractivity contribution is 6.30. The van der Waals surface area contributed by atoms with E-state index in [4.69, 9.17) is 22.1 Å². The molecule has 1 rings (SSSR count). The molecule has 5 heteroatoms. The molecule has 1 aromatic rings. The molecule has 0 fully saturated rings. The van der Waals surface area contributed by atoms with E-state index >= 15 is 0 Å². The first kappa shape index (κ1) is 11.8. The van der Waals surface area contributed by atoms with Gasteiger partial charge >= 0.3 is 5.97 Å². The first-order valence-electron chi connectivity index (χ1n) is 4.35. The molecule has 82 valence electrons. The number of rotatable bonds is 4. The molecule has 0 atom stereocenters. The quantitative estimate of drug-likeness (QED) is 0.792. The number of esters is 1. The first-order chi connectivity index (χ1) is 7.17. The van der Waals surface area contributed by atoms with Crippen molar-refractivity contribution < 1.29 is 14.3 Å². The van der Waals surface area contributed by atoms with Gasteiger partial charge in [-0.2, -0.15) is 0 Å². The van der Waals surface area contributed by atoms with Crippen LogP contribution >= 0.6 is 11.6 Å². The summed E-state index contributed by atoms with van der Waals surface area (Å²) in [5.41, 5.74) is 6.26. The summed E-state index contributed by atoms with van der Waals surface area (Å²) in [5, 5.41) is 0.584. The molecule has 0 aromatic heterocycles. The average molecular weight is 230 g/mol. The van der Waals surface area contributed by atoms with Crippen molar-refractivity contribution in [2.75, 3.05) is 13.7 Å². The molecule has 0 heterocycles. The standard InChI is InChI=1S/C10H12ClNO3/c1-14-10(13)6-15-9-3-2-8(11)4-7(9)5-12/h2-4H,5-6,12H2,1H3. The topological polar surface area (TPSA) is 61.5 Å². The fourth-order valence-corrected chi connectivity index (χ4v) is 1.24. The van der Waals surface area contributed by atoms with E-state index in [9.17, 15) is 4.79 Å². The number of carbonyl (C=O) groups is 1. The van der Waals surface area contributed by atoms with Crippen molar-refractivity contribution in [3.8, 4) is 5.75 Å². The second kappa shape index (κ2) is 5.58. The van der Waals surface area contributed by atoms with Crippen molar-refractivity contribution in [2.45, 2.75) is 6.54 Å². The Labute approximate surface area is 92.9 Å². The molecule has 0 amide bonds. The Kier molecular flexibility index (Phi) is 4.39. The van der Waals surface area contributed by atoms with E-state index < -0.39 is 5.97 Å². The molecule has 2 N–H and O–H groups in total. The lowest BCUT2D eigenvalue weighted by molar-refractivity contribution is -0.142. The molecule has 0 aliphatic heterocycles. The van der Waals surface area contributed by atoms with Gasteiger partial charge in [-0.05, 0) is 18.2 Å². The SMILES string of the molecule is COC(=O)COc1ccc(Cl)cc1CN. The summed E-state index contributed by atoms with van der Waals surface area (Å²) in [6.07, 6.45) is 0. The highest BCUT2D eigenvalue weighted by Gasteiger charge is 2.06. The number of hydrogen-bond acceptors (Lipinski definition) is 4. The van der Waals surface area contributed by atoms with E-state index in [-0.39, 0.29) is 6.61 Å². The van der Waals surface area contributed by atoms with Crippen LogP contribution in [-0.2, 0) is 16.1 Å². The zero-order valence-electron chi connectivity index (χ0n) is 8.33. The lowest BCUT2D eigenvalue weighted by Gasteiger charge is -2.09. The summed E-state index contributed by atoms with van der Waals surface area (Å²) < 4.78 is 9.67. The minimum atomic E-state index is -0.437. The fraction of sp³-hybridized carbons (Fsp3) is 0.300. The normalized spacial score (nSPS) is 9.80. The van der Waals surface area contributed by atoms with E-state index in [1.807, 2.05) is 0 Å². The predicted octanol–water partition coefficient (Wildman–Crippen LogP) is 1.35. The molecule has 0 aliphatic carbocycles. The molecule has 0 radical (unpaired) electrons. The van der Waals surface area contributed by atoms with Gasteiger partial charge in [-0.1, -0.05) is 11.6 Å². The Bertz CT molecular complexity index is 355. The van der Waals surface area contributed by atoms with Gasteiger partial charge in [-0.3, -0.25) is 0 Å². The Morgan fingerprint density at radius 3 is 2.87 bits per heavy atom. The summed E-state index contributed by atoms with van der Waals surface area (Å²) >= 11 is 5.78. The minimum Gasteiger partial charge on any atom is -0.482 e. The van der Waals surface area contributed by atoms with Gasteiger partial charge in [0.1, 0.15) is 5.75 Å². The van der Waals surface area contributed by atoms with Crippen LogP contribution in [0.4, 0.5) is 0 Å². The average Bonchev–Trinajstić information content (AvgIpc) is 2.26. The van der Waals surface area contributed by atoms with Crippen LogP contribution in [-0.4, -0.2) is 19.7 Å². The second-order valence-corrected chi connectivity index (χ2v) is 3.26. The first-order valence-corrected chi connectivity index (χ1v) is 4.73. The predicted molar refractivity (Wildman–Crippen MR) is 56.9 cm³/mol. The maximum atomic E-state index is 10.8. The van der Waals surface area contributed by atoms with Crippen LogP contribution in [0.1, 0.15) is 5.56 Å². The van der Waals surface area contributed by atoms with Gasteiger partial charge in [0.25, 0.3) is 0 Å². The molecule has 0 saturated heterocycles. The van der Waals surface area contributed by atoms with Crippen molar-refractivity contribution in [3.63, 3.8) is 0 Å². The molecule has 0 saturated carbocycles. The summed E-state index contributed by atoms with van der Waals surface area (Å²) in [6, 6.07) is 5.05. The van der Waals surface area contributed by atoms with Gasteiger partial charge in [0.15, 0.2) is 6.61 Å². The summed E-state index contributed by atoms with van der Waals surface area (Å²) in [4.78, 5) is 10.8. The number of carbonyl (C=O) groups excluding carboxylic acids is 1. The molecular formula is C10H12ClNO3. The van der Waals surface area contributed by atoms with Gasteiger partial charge in [0.2, 0.25) is 0 Å². The Morgan fingerprint density at radius 2 is 2.27 bits per heavy atom. The number of ether oxygens (including phenoxy) is 2. The largest absolute Gasteiger partial charge is 0.482 e. The van der Waals surface area contributed by atoms with Crippen molar-refractivity contribution in [1.82, 2.24) is 0 Å². The van der Waals surface area contributed by atoms with E-state index in [1.54, 1.807) is 18.2 Å². The zero-order valence-corrected chi connectivity index (χ0v) is 9.08. The zero-order chi connectivity index (χ0) is 11.3. The third-order valence-corrected chi connectivity index (χ3v) is 2.05. The molecule has 1 aromatic carbocycles. The van der Waals surface area contributed by atoms with Gasteiger partial charge in [-0.25, -0.2) is 4.79 Å². The fourth-order valence-electron chi connectivity index (χ4n) is 1.04. The van der Waals surface area contributed by atoms with Crippen LogP contribution < -0.4 is 10.5 Å². The van der Waals surface area contributed by atoms with E-state index in [1.165, 1.54) is 7.11 Å². The van der Waals surface area contributed by atoms with Crippen molar-refractivity contribution in [2.24, 2.45) is 5.73 Å². The monoisotopic (exact) mass is 229 g/mol. The van der Waals surface area contributed by atoms with Gasteiger partial charge in [0.05, 0.1) is 7.11 Å². The Morgan fingerprint density at radius 1 is 1.53 bits per heavy atom. The minimum absolute atomic E-state index is 0.134. The molecule has 0 aliphatic rings. The summed E-state index contributed by atoms with van der Waals surface area (Å²) in [5.74, 6) is 0.111. The van der Waals surface area contributed by atoms with Crippen LogP contribution in [0.2, 0.25) is 5.02 Å². The Balaban J connectivity index is 2.72. The van der Waals surface area contributed by atoms with Crippen LogP contribution in [0, 0.1) is 0 Å². The molecule has 0 spiro atoms. The molecule has 0 unspecified atom stereocenters. The molecular weight excluding hydrogens is 218 g/mol. The van der Waals surface area contributed by atoms with Crippen molar-refractivity contribution >= 4 is 17.6 Å². The third-order valence-electron chi connectivity index (χ3n) is 1.82. The number of benzene rings is 1. The highest BCUT2D eigenvalue weighted by atomic mass is 35.5. The third kappa shape index (κ3) is 3.42. The summed E-state index contributed by atoms with van der Waals surface area (Å²) in [6.45, 7) is 0.169. The molecule has 4 nitrogen and oxygen atoms in total. The van der Waals surface area contributed by atoms with Gasteiger partial charge < -0.3 is 15.2 Å². The number of hydrogen-bond donors (Lipinski definition) is 1. The molecule has 0 bridgehead atoms. The van der Waals surface area contributed by atoms with Crippen LogP contribution in [0.15, 0.2) is 18.2 Å². The maximum absolute atomic E-state index is 10.8. The highest BCUT2D eigenvalue weighted by Crippen LogP contribution is 2.22. The Hall–Kier alpha value is -1.26. The van der Waals surface area contributed by atoms with Crippen LogP contribution in [0.25, 0.3) is 0 Å². The van der Waals surface area contributed by atoms with E-state index in [2.05, 4.69) is 4.74 Å². The number of nitrogens with two attached hydrogens (primary N) is 1. The second-order valence-electron chi connectivity index (χ2n) is 2.82.